The Kier molecular flexibility index (Phi) is 13.7. The highest BCUT2D eigenvalue weighted by Gasteiger charge is 2.18. The molecule has 2 amide bonds. The van der Waals surface area contributed by atoms with Crippen molar-refractivity contribution >= 4 is 59.3 Å². The standard InChI is InChI=1S/C32H29FN3O3PS.C8H18N2/c1-3-4-20-5-7-21(8-6-20)29-18-26-32(41-29)28(15-16-34-26)39-27-14-9-22(17-25(27)33)35-30(37)19-31(38)36(2)23-10-12-24(40)13-11-23;1-3-4-10-7-5-9(2)6-8-10/h5-18H,3-4,19,40H2,1-2H3,(H,35,37);3-8H2,1-2H3. The number of halogens is 1. The van der Waals surface area contributed by atoms with E-state index in [1.165, 1.54) is 79.1 Å². The van der Waals surface area contributed by atoms with Gasteiger partial charge >= 0.3 is 0 Å². The number of aromatic nitrogens is 1. The van der Waals surface area contributed by atoms with E-state index in [1.54, 1.807) is 31.4 Å². The van der Waals surface area contributed by atoms with Crippen LogP contribution in [0.5, 0.6) is 11.5 Å². The van der Waals surface area contributed by atoms with Gasteiger partial charge in [0.15, 0.2) is 11.6 Å². The van der Waals surface area contributed by atoms with Crippen molar-refractivity contribution in [3.8, 4) is 21.9 Å². The van der Waals surface area contributed by atoms with Gasteiger partial charge in [-0.2, -0.15) is 0 Å². The lowest BCUT2D eigenvalue weighted by molar-refractivity contribution is -0.125. The molecule has 0 aliphatic carbocycles. The van der Waals surface area contributed by atoms with Crippen LogP contribution in [-0.2, 0) is 16.0 Å². The number of anilines is 2. The number of pyridine rings is 1. The molecule has 1 N–H and O–H groups in total. The summed E-state index contributed by atoms with van der Waals surface area (Å²) >= 11 is 1.54. The first-order valence-electron chi connectivity index (χ1n) is 17.4. The van der Waals surface area contributed by atoms with Crippen molar-refractivity contribution in [2.24, 2.45) is 0 Å². The van der Waals surface area contributed by atoms with Crippen molar-refractivity contribution in [2.75, 3.05) is 57.0 Å². The molecule has 1 aliphatic heterocycles. The molecule has 1 aliphatic rings. The lowest BCUT2D eigenvalue weighted by atomic mass is 10.1. The van der Waals surface area contributed by atoms with Gasteiger partial charge in [0.05, 0.1) is 10.2 Å². The zero-order valence-corrected chi connectivity index (χ0v) is 31.8. The largest absolute Gasteiger partial charge is 0.453 e. The number of fused-ring (bicyclic) bond motifs is 1. The first-order chi connectivity index (χ1) is 24.6. The zero-order chi connectivity index (χ0) is 36.3. The minimum absolute atomic E-state index is 0.0164. The van der Waals surface area contributed by atoms with Crippen molar-refractivity contribution in [1.82, 2.24) is 14.8 Å². The van der Waals surface area contributed by atoms with E-state index < -0.39 is 11.7 Å². The number of carbonyl (C=O) groups excluding carboxylic acids is 2. The highest BCUT2D eigenvalue weighted by molar-refractivity contribution is 7.27. The summed E-state index contributed by atoms with van der Waals surface area (Å²) in [4.78, 5) is 36.9. The van der Waals surface area contributed by atoms with E-state index in [0.717, 1.165) is 38.8 Å². The molecule has 6 rings (SSSR count). The molecule has 2 aromatic heterocycles. The Labute approximate surface area is 306 Å². The minimum atomic E-state index is -0.642. The molecule has 3 aromatic carbocycles. The summed E-state index contributed by atoms with van der Waals surface area (Å²) in [5, 5.41) is 3.58. The third-order valence-electron chi connectivity index (χ3n) is 8.69. The summed E-state index contributed by atoms with van der Waals surface area (Å²) in [6, 6.07) is 23.7. The van der Waals surface area contributed by atoms with Gasteiger partial charge in [-0.05, 0) is 73.2 Å². The Hall–Kier alpha value is -4.21. The maximum Gasteiger partial charge on any atom is 0.236 e. The lowest BCUT2D eigenvalue weighted by Gasteiger charge is -2.31. The van der Waals surface area contributed by atoms with Gasteiger partial charge in [-0.3, -0.25) is 14.6 Å². The van der Waals surface area contributed by atoms with Gasteiger partial charge in [0.1, 0.15) is 12.2 Å². The number of nitrogens with zero attached hydrogens (tertiary/aromatic N) is 4. The number of likely N-dealkylation sites (N-methyl/N-ethyl adjacent to an activating group) is 1. The first kappa shape index (κ1) is 38.0. The number of ether oxygens (including phenoxy) is 1. The van der Waals surface area contributed by atoms with Gasteiger partial charge in [-0.15, -0.1) is 20.6 Å². The number of carbonyl (C=O) groups is 2. The molecule has 0 saturated carbocycles. The van der Waals surface area contributed by atoms with Crippen LogP contribution in [0.1, 0.15) is 38.7 Å². The van der Waals surface area contributed by atoms with Crippen molar-refractivity contribution in [1.29, 1.82) is 0 Å². The topological polar surface area (TPSA) is 78.0 Å². The molecule has 1 unspecified atom stereocenters. The van der Waals surface area contributed by atoms with E-state index in [-0.39, 0.29) is 23.8 Å². The van der Waals surface area contributed by atoms with E-state index in [4.69, 9.17) is 4.74 Å². The van der Waals surface area contributed by atoms with Crippen LogP contribution in [-0.4, -0.2) is 73.4 Å². The summed E-state index contributed by atoms with van der Waals surface area (Å²) in [5.41, 5.74) is 4.06. The van der Waals surface area contributed by atoms with Crippen molar-refractivity contribution < 1.29 is 18.7 Å². The van der Waals surface area contributed by atoms with Crippen LogP contribution in [0.25, 0.3) is 20.7 Å². The normalized spacial score (nSPS) is 13.4. The monoisotopic (exact) mass is 727 g/mol. The fourth-order valence-corrected chi connectivity index (χ4v) is 7.00. The van der Waals surface area contributed by atoms with Crippen molar-refractivity contribution in [2.45, 2.75) is 39.5 Å². The lowest BCUT2D eigenvalue weighted by Crippen LogP contribution is -2.44. The van der Waals surface area contributed by atoms with Gasteiger partial charge < -0.3 is 24.8 Å². The number of benzene rings is 3. The molecule has 1 saturated heterocycles. The SMILES string of the molecule is CCCN1CCN(C)CC1.CCCc1ccc(-c2cc3nccc(Oc4ccc(NC(=O)CC(=O)N(C)c5ccc(P)cc5)cc4F)c3s2)cc1. The molecule has 1 atom stereocenters. The second-order valence-electron chi connectivity index (χ2n) is 12.7. The number of nitrogens with one attached hydrogen (secondary N) is 1. The number of hydrogen-bond acceptors (Lipinski definition) is 7. The Morgan fingerprint density at radius 2 is 1.67 bits per heavy atom. The summed E-state index contributed by atoms with van der Waals surface area (Å²) in [5.74, 6) is -1.05. The molecule has 268 valence electrons. The van der Waals surface area contributed by atoms with Gasteiger partial charge in [0.25, 0.3) is 0 Å². The van der Waals surface area contributed by atoms with Gasteiger partial charge in [0.2, 0.25) is 11.8 Å². The number of aryl methyl sites for hydroxylation is 1. The molecular formula is C40H47FN5O3PS. The van der Waals surface area contributed by atoms with Crippen molar-refractivity contribution in [3.05, 3.63) is 96.4 Å². The van der Waals surface area contributed by atoms with Gasteiger partial charge in [-0.25, -0.2) is 4.39 Å². The molecule has 51 heavy (non-hydrogen) atoms. The summed E-state index contributed by atoms with van der Waals surface area (Å²) in [6.45, 7) is 10.7. The van der Waals surface area contributed by atoms with Crippen LogP contribution in [0.4, 0.5) is 15.8 Å². The van der Waals surface area contributed by atoms with Crippen LogP contribution in [0.15, 0.2) is 85.1 Å². The highest BCUT2D eigenvalue weighted by Crippen LogP contribution is 2.40. The third-order valence-corrected chi connectivity index (χ3v) is 10.3. The second-order valence-corrected chi connectivity index (χ2v) is 14.5. The van der Waals surface area contributed by atoms with Crippen molar-refractivity contribution in [3.63, 3.8) is 0 Å². The Morgan fingerprint density at radius 1 is 0.941 bits per heavy atom. The van der Waals surface area contributed by atoms with Crippen LogP contribution in [0.2, 0.25) is 0 Å². The van der Waals surface area contributed by atoms with Crippen LogP contribution >= 0.6 is 20.6 Å². The number of hydrogen-bond donors (Lipinski definition) is 1. The van der Waals surface area contributed by atoms with Gasteiger partial charge in [-0.1, -0.05) is 56.7 Å². The summed E-state index contributed by atoms with van der Waals surface area (Å²) in [6.07, 6.45) is 4.69. The molecule has 0 bridgehead atoms. The predicted molar refractivity (Wildman–Crippen MR) is 212 cm³/mol. The van der Waals surface area contributed by atoms with Gasteiger partial charge in [0, 0.05) is 67.8 Å². The maximum absolute atomic E-state index is 15.0. The molecule has 11 heteroatoms. The predicted octanol–water partition coefficient (Wildman–Crippen LogP) is 7.98. The van der Waals surface area contributed by atoms with E-state index in [9.17, 15) is 9.59 Å². The van der Waals surface area contributed by atoms with E-state index in [0.29, 0.717) is 11.4 Å². The number of piperazine rings is 1. The number of amides is 2. The maximum atomic E-state index is 15.0. The molecule has 3 heterocycles. The molecule has 1 fully saturated rings. The Bertz CT molecular complexity index is 1910. The second kappa shape index (κ2) is 18.3. The average Bonchev–Trinajstić information content (AvgIpc) is 3.57. The fourth-order valence-electron chi connectivity index (χ4n) is 5.73. The fraction of sp³-hybridized carbons (Fsp3) is 0.325. The summed E-state index contributed by atoms with van der Waals surface area (Å²) < 4.78 is 21.8. The Balaban J connectivity index is 0.000000435. The summed E-state index contributed by atoms with van der Waals surface area (Å²) in [7, 11) is 6.38. The Morgan fingerprint density at radius 3 is 2.33 bits per heavy atom. The van der Waals surface area contributed by atoms with Crippen LogP contribution in [0, 0.1) is 5.82 Å². The highest BCUT2D eigenvalue weighted by atomic mass is 32.1. The minimum Gasteiger partial charge on any atom is -0.453 e. The zero-order valence-electron chi connectivity index (χ0n) is 29.8. The molecular weight excluding hydrogens is 681 g/mol. The number of rotatable bonds is 11. The van der Waals surface area contributed by atoms with E-state index in [1.807, 2.05) is 18.2 Å². The van der Waals surface area contributed by atoms with E-state index >= 15 is 4.39 Å². The average molecular weight is 728 g/mol. The first-order valence-corrected chi connectivity index (χ1v) is 18.8. The van der Waals surface area contributed by atoms with E-state index in [2.05, 4.69) is 74.5 Å². The third kappa shape index (κ3) is 10.7. The molecule has 0 spiro atoms. The smallest absolute Gasteiger partial charge is 0.236 e. The molecule has 5 aromatic rings. The van der Waals surface area contributed by atoms with Crippen LogP contribution in [0.3, 0.4) is 0 Å². The number of thiophene rings is 1. The molecule has 8 nitrogen and oxygen atoms in total. The van der Waals surface area contributed by atoms with Crippen LogP contribution < -0.4 is 20.3 Å². The quantitative estimate of drug-likeness (QED) is 0.110. The molecule has 0 radical (unpaired) electrons.